The zero-order valence-corrected chi connectivity index (χ0v) is 41.0. The van der Waals surface area contributed by atoms with Crippen molar-refractivity contribution in [3.63, 3.8) is 0 Å². The summed E-state index contributed by atoms with van der Waals surface area (Å²) in [6, 6.07) is 2.17. The summed E-state index contributed by atoms with van der Waals surface area (Å²) in [5, 5.41) is 65.2. The third-order valence-electron chi connectivity index (χ3n) is 13.6. The van der Waals surface area contributed by atoms with Crippen LogP contribution in [-0.4, -0.2) is 165 Å². The van der Waals surface area contributed by atoms with Crippen molar-refractivity contribution in [3.05, 3.63) is 39.1 Å². The Hall–Kier alpha value is -3.76. The molecule has 376 valence electrons. The van der Waals surface area contributed by atoms with Gasteiger partial charge in [0.2, 0.25) is 11.3 Å². The van der Waals surface area contributed by atoms with Gasteiger partial charge in [0.25, 0.3) is 0 Å². The van der Waals surface area contributed by atoms with E-state index in [1.807, 2.05) is 25.9 Å². The molecule has 0 spiro atoms. The van der Waals surface area contributed by atoms with E-state index in [4.69, 9.17) is 30.5 Å². The minimum Gasteiger partial charge on any atom is -0.477 e. The fourth-order valence-electron chi connectivity index (χ4n) is 9.45. The first kappa shape index (κ1) is 54.2. The van der Waals surface area contributed by atoms with Gasteiger partial charge in [-0.3, -0.25) is 19.2 Å². The average Bonchev–Trinajstić information content (AvgIpc) is 4.11. The zero-order chi connectivity index (χ0) is 49.9. The molecule has 2 saturated heterocycles. The topological polar surface area (TPSA) is 268 Å². The summed E-state index contributed by atoms with van der Waals surface area (Å²) in [5.41, 5.74) is -3.58. The van der Waals surface area contributed by atoms with E-state index in [2.05, 4.69) is 16.0 Å². The van der Waals surface area contributed by atoms with Gasteiger partial charge in [0.05, 0.1) is 58.8 Å². The standard InChI is InChI=1S/C47H72ClN5O14/c1-11-36-47(8,63)40(58)27(6)42(59)51-23(2)19-46(7,41(25(4)37(55)26(5)44(62)66-36)67-45-39(57)35(52(9)10)16-24(3)65-45)64-22-29(54)20-49-14-15-50-33-17-30-34(18-32(33)48)53(28-12-13-28)21-31(38(30)56)43(60)61/h17-18,21,23-29,35-36,39-41,45,49-50,54,57-58,63H,11-16,19-20,22H2,1-10H3,(H,51,59)(H,60,61)/t23-,24-,25+,26-,27-,29?,35+,36-,39-,40+,41-,45+,46-,47+/m1/s1. The van der Waals surface area contributed by atoms with Crippen LogP contribution in [0, 0.1) is 17.8 Å². The fraction of sp³-hybridized carbons (Fsp3) is 0.723. The first-order valence-corrected chi connectivity index (χ1v) is 23.7. The van der Waals surface area contributed by atoms with Crippen molar-refractivity contribution < 1.29 is 63.7 Å². The van der Waals surface area contributed by atoms with Crippen LogP contribution in [0.5, 0.6) is 0 Å². The van der Waals surface area contributed by atoms with Gasteiger partial charge in [-0.05, 0) is 93.0 Å². The fourth-order valence-corrected chi connectivity index (χ4v) is 9.68. The molecule has 1 unspecified atom stereocenters. The Morgan fingerprint density at radius 1 is 1.06 bits per heavy atom. The summed E-state index contributed by atoms with van der Waals surface area (Å²) in [4.78, 5) is 68.7. The summed E-state index contributed by atoms with van der Waals surface area (Å²) >= 11 is 6.63. The second kappa shape index (κ2) is 22.3. The number of aliphatic hydroxyl groups is 4. The number of fused-ring (bicyclic) bond motifs is 1. The number of hydrogen-bond donors (Lipinski definition) is 8. The lowest BCUT2D eigenvalue weighted by Crippen LogP contribution is -2.60. The first-order chi connectivity index (χ1) is 31.3. The minimum absolute atomic E-state index is 0.0207. The smallest absolute Gasteiger partial charge is 0.341 e. The number of aromatic nitrogens is 1. The number of rotatable bonds is 15. The monoisotopic (exact) mass is 965 g/mol. The molecular formula is C47H72ClN5O14. The molecule has 1 saturated carbocycles. The van der Waals surface area contributed by atoms with Crippen LogP contribution in [-0.2, 0) is 33.3 Å². The van der Waals surface area contributed by atoms with Crippen molar-refractivity contribution in [1.29, 1.82) is 0 Å². The van der Waals surface area contributed by atoms with Gasteiger partial charge in [-0.1, -0.05) is 32.4 Å². The molecule has 1 aromatic heterocycles. The Labute approximate surface area is 396 Å². The number of aromatic carboxylic acids is 1. The quantitative estimate of drug-likeness (QED) is 0.0724. The highest BCUT2D eigenvalue weighted by Gasteiger charge is 2.51. The van der Waals surface area contributed by atoms with E-state index >= 15 is 0 Å². The first-order valence-electron chi connectivity index (χ1n) is 23.3. The van der Waals surface area contributed by atoms with Crippen molar-refractivity contribution in [1.82, 2.24) is 20.1 Å². The highest BCUT2D eigenvalue weighted by molar-refractivity contribution is 6.34. The highest BCUT2D eigenvalue weighted by atomic mass is 35.5. The van der Waals surface area contributed by atoms with Crippen LogP contribution in [0.15, 0.2) is 23.1 Å². The van der Waals surface area contributed by atoms with Gasteiger partial charge >= 0.3 is 11.9 Å². The number of pyridine rings is 1. The number of nitrogens with zero attached hydrogens (tertiary/aromatic N) is 2. The number of anilines is 1. The molecular weight excluding hydrogens is 894 g/mol. The van der Waals surface area contributed by atoms with Gasteiger partial charge in [-0.15, -0.1) is 0 Å². The number of nitrogens with one attached hydrogen (secondary N) is 3. The number of amides is 1. The Kier molecular flexibility index (Phi) is 18.1. The molecule has 1 aromatic carbocycles. The third kappa shape index (κ3) is 12.5. The molecule has 2 aromatic rings. The van der Waals surface area contributed by atoms with Gasteiger partial charge in [0, 0.05) is 55.3 Å². The summed E-state index contributed by atoms with van der Waals surface area (Å²) in [5.74, 6) is -7.23. The van der Waals surface area contributed by atoms with Crippen molar-refractivity contribution in [2.45, 2.75) is 160 Å². The van der Waals surface area contributed by atoms with E-state index in [0.29, 0.717) is 29.2 Å². The number of hydrogen-bond acceptors (Lipinski definition) is 16. The molecule has 67 heavy (non-hydrogen) atoms. The van der Waals surface area contributed by atoms with E-state index in [9.17, 15) is 49.5 Å². The third-order valence-corrected chi connectivity index (χ3v) is 13.9. The molecule has 1 aliphatic carbocycles. The van der Waals surface area contributed by atoms with Gasteiger partial charge in [-0.25, -0.2) is 4.79 Å². The van der Waals surface area contributed by atoms with Crippen LogP contribution in [0.4, 0.5) is 5.69 Å². The number of carbonyl (C=O) groups is 4. The number of benzene rings is 1. The SMILES string of the molecule is CC[C@H]1OC(=O)[C@H](C)C(=O)[C@H](C)[C@@H](O[C@@H]2O[C@H](C)C[C@H](N(C)C)[C@H]2O)[C@](C)(OCC(O)CNCCNc2cc3c(=O)c(C(=O)O)cn(C4CC4)c3cc2Cl)C[C@@H](C)NC(=O)[C@H](C)[C@H](O)[C@@]1(C)O. The zero-order valence-electron chi connectivity index (χ0n) is 40.3. The molecule has 3 heterocycles. The van der Waals surface area contributed by atoms with E-state index < -0.39 is 101 Å². The average molecular weight is 967 g/mol. The Bertz CT molecular complexity index is 2150. The lowest BCUT2D eigenvalue weighted by atomic mass is 9.79. The van der Waals surface area contributed by atoms with Crippen molar-refractivity contribution in [2.24, 2.45) is 17.8 Å². The number of Topliss-reactive ketones (excluding diaryl/α,β-unsaturated/α-hetero) is 1. The molecule has 2 aliphatic heterocycles. The van der Waals surface area contributed by atoms with Crippen LogP contribution in [0.3, 0.4) is 0 Å². The summed E-state index contributed by atoms with van der Waals surface area (Å²) in [6.45, 7) is 12.8. The maximum Gasteiger partial charge on any atom is 0.341 e. The van der Waals surface area contributed by atoms with E-state index in [0.717, 1.165) is 12.8 Å². The van der Waals surface area contributed by atoms with Crippen LogP contribution in [0.1, 0.15) is 104 Å². The molecule has 19 nitrogen and oxygen atoms in total. The van der Waals surface area contributed by atoms with Crippen LogP contribution >= 0.6 is 11.6 Å². The molecule has 0 bridgehead atoms. The Balaban J connectivity index is 1.37. The van der Waals surface area contributed by atoms with Gasteiger partial charge in [-0.2, -0.15) is 0 Å². The summed E-state index contributed by atoms with van der Waals surface area (Å²) in [6.07, 6.45) is -4.57. The molecule has 3 aliphatic rings. The largest absolute Gasteiger partial charge is 0.477 e. The number of carbonyl (C=O) groups excluding carboxylic acids is 3. The van der Waals surface area contributed by atoms with E-state index in [-0.39, 0.29) is 61.7 Å². The molecule has 8 N–H and O–H groups in total. The second-order valence-corrected chi connectivity index (χ2v) is 19.9. The number of carboxylic acids is 1. The maximum atomic E-state index is 14.4. The van der Waals surface area contributed by atoms with Crippen LogP contribution in [0.2, 0.25) is 5.02 Å². The Morgan fingerprint density at radius 3 is 2.34 bits per heavy atom. The number of halogens is 1. The van der Waals surface area contributed by atoms with E-state index in [1.54, 1.807) is 44.4 Å². The van der Waals surface area contributed by atoms with Crippen LogP contribution < -0.4 is 21.4 Å². The molecule has 20 heteroatoms. The maximum absolute atomic E-state index is 14.4. The van der Waals surface area contributed by atoms with Crippen molar-refractivity contribution >= 4 is 51.8 Å². The molecule has 14 atom stereocenters. The van der Waals surface area contributed by atoms with E-state index in [1.165, 1.54) is 27.0 Å². The summed E-state index contributed by atoms with van der Waals surface area (Å²) in [7, 11) is 3.64. The number of aliphatic hydroxyl groups excluding tert-OH is 3. The number of cyclic esters (lactones) is 1. The number of ether oxygens (including phenoxy) is 4. The molecule has 0 radical (unpaired) electrons. The lowest BCUT2D eigenvalue weighted by Gasteiger charge is -2.47. The number of ketones is 1. The normalized spacial score (nSPS) is 34.3. The van der Waals surface area contributed by atoms with Gasteiger partial charge in [0.15, 0.2) is 12.1 Å². The van der Waals surface area contributed by atoms with Gasteiger partial charge in [0.1, 0.15) is 29.3 Å². The van der Waals surface area contributed by atoms with Gasteiger partial charge < -0.3 is 69.9 Å². The molecule has 5 rings (SSSR count). The predicted octanol–water partition coefficient (Wildman–Crippen LogP) is 2.46. The lowest BCUT2D eigenvalue weighted by molar-refractivity contribution is -0.298. The van der Waals surface area contributed by atoms with Crippen molar-refractivity contribution in [2.75, 3.05) is 45.7 Å². The predicted molar refractivity (Wildman–Crippen MR) is 249 cm³/mol. The van der Waals surface area contributed by atoms with Crippen LogP contribution in [0.25, 0.3) is 10.9 Å². The second-order valence-electron chi connectivity index (χ2n) is 19.5. The highest BCUT2D eigenvalue weighted by Crippen LogP contribution is 2.39. The molecule has 3 fully saturated rings. The number of esters is 1. The number of likely N-dealkylation sites (N-methyl/N-ethyl adjacent to an activating group) is 1. The minimum atomic E-state index is -2.07. The number of carboxylic acid groups (broad SMARTS) is 1. The summed E-state index contributed by atoms with van der Waals surface area (Å²) < 4.78 is 26.9. The Morgan fingerprint density at radius 2 is 1.73 bits per heavy atom. The molecule has 1 amide bonds. The van der Waals surface area contributed by atoms with Crippen molar-refractivity contribution in [3.8, 4) is 0 Å².